The van der Waals surface area contributed by atoms with Gasteiger partial charge < -0.3 is 10.1 Å². The van der Waals surface area contributed by atoms with Crippen LogP contribution in [-0.2, 0) is 4.74 Å². The van der Waals surface area contributed by atoms with Gasteiger partial charge in [-0.3, -0.25) is 5.10 Å². The summed E-state index contributed by atoms with van der Waals surface area (Å²) < 4.78 is 5.14. The first kappa shape index (κ1) is 14.1. The predicted molar refractivity (Wildman–Crippen MR) is 79.4 cm³/mol. The van der Waals surface area contributed by atoms with Crippen molar-refractivity contribution in [2.45, 2.75) is 26.4 Å². The van der Waals surface area contributed by atoms with Gasteiger partial charge in [0, 0.05) is 11.9 Å². The Labute approximate surface area is 118 Å². The fraction of sp³-hybridized carbons (Fsp3) is 0.333. The van der Waals surface area contributed by atoms with E-state index < -0.39 is 11.7 Å². The molecule has 0 atom stereocenters. The van der Waals surface area contributed by atoms with Crippen molar-refractivity contribution in [2.75, 3.05) is 6.54 Å². The molecule has 0 aliphatic carbocycles. The Morgan fingerprint density at radius 1 is 1.40 bits per heavy atom. The maximum atomic E-state index is 11.4. The Morgan fingerprint density at radius 2 is 2.15 bits per heavy atom. The Bertz CT molecular complexity index is 623. The molecule has 20 heavy (non-hydrogen) atoms. The van der Waals surface area contributed by atoms with Crippen molar-refractivity contribution in [1.29, 1.82) is 0 Å². The lowest BCUT2D eigenvalue weighted by molar-refractivity contribution is 0.0534. The molecule has 0 aliphatic heterocycles. The average Bonchev–Trinajstić information content (AvgIpc) is 2.76. The second-order valence-electron chi connectivity index (χ2n) is 5.44. The number of nitrogens with zero attached hydrogens (tertiary/aromatic N) is 1. The molecule has 0 spiro atoms. The number of carbonyl (C=O) groups excluding carboxylic acids is 1. The highest BCUT2D eigenvalue weighted by atomic mass is 16.6. The zero-order valence-electron chi connectivity index (χ0n) is 11.9. The van der Waals surface area contributed by atoms with Crippen LogP contribution in [0.3, 0.4) is 0 Å². The van der Waals surface area contributed by atoms with E-state index >= 15 is 0 Å². The van der Waals surface area contributed by atoms with Crippen LogP contribution in [0, 0.1) is 0 Å². The molecule has 1 aromatic heterocycles. The van der Waals surface area contributed by atoms with Crippen LogP contribution in [0.1, 0.15) is 26.5 Å². The molecule has 5 heteroatoms. The van der Waals surface area contributed by atoms with Crippen LogP contribution in [0.15, 0.2) is 30.3 Å². The van der Waals surface area contributed by atoms with Gasteiger partial charge in [-0.2, -0.15) is 5.10 Å². The van der Waals surface area contributed by atoms with Gasteiger partial charge in [-0.1, -0.05) is 24.3 Å². The molecule has 0 saturated carbocycles. The Balaban J connectivity index is 1.89. The van der Waals surface area contributed by atoms with Crippen LogP contribution >= 0.6 is 0 Å². The summed E-state index contributed by atoms with van der Waals surface area (Å²) in [5.41, 5.74) is 1.37. The van der Waals surface area contributed by atoms with Crippen LogP contribution in [0.4, 0.5) is 4.79 Å². The largest absolute Gasteiger partial charge is 0.444 e. The third kappa shape index (κ3) is 3.85. The first-order valence-electron chi connectivity index (χ1n) is 6.52. The highest BCUT2D eigenvalue weighted by Gasteiger charge is 2.14. The molecule has 1 heterocycles. The minimum atomic E-state index is -0.479. The van der Waals surface area contributed by atoms with E-state index in [0.717, 1.165) is 16.6 Å². The summed E-state index contributed by atoms with van der Waals surface area (Å²) >= 11 is 0. The number of H-pyrrole nitrogens is 1. The van der Waals surface area contributed by atoms with E-state index in [1.165, 1.54) is 0 Å². The second kappa shape index (κ2) is 5.77. The van der Waals surface area contributed by atoms with Crippen molar-refractivity contribution in [3.05, 3.63) is 36.0 Å². The number of fused-ring (bicyclic) bond motifs is 1. The highest BCUT2D eigenvalue weighted by molar-refractivity contribution is 5.86. The summed E-state index contributed by atoms with van der Waals surface area (Å²) in [5.74, 6) is 0. The monoisotopic (exact) mass is 273 g/mol. The first-order valence-corrected chi connectivity index (χ1v) is 6.52. The number of aromatic nitrogens is 2. The van der Waals surface area contributed by atoms with Gasteiger partial charge in [0.05, 0.1) is 11.2 Å². The van der Waals surface area contributed by atoms with Gasteiger partial charge in [-0.25, -0.2) is 4.79 Å². The number of hydrogen-bond donors (Lipinski definition) is 2. The third-order valence-corrected chi connectivity index (χ3v) is 2.54. The second-order valence-corrected chi connectivity index (χ2v) is 5.44. The lowest BCUT2D eigenvalue weighted by atomic mass is 10.2. The van der Waals surface area contributed by atoms with Crippen LogP contribution in [0.2, 0.25) is 0 Å². The fourth-order valence-electron chi connectivity index (χ4n) is 1.74. The van der Waals surface area contributed by atoms with E-state index in [0.29, 0.717) is 6.54 Å². The fourth-order valence-corrected chi connectivity index (χ4v) is 1.74. The molecule has 2 aromatic rings. The molecule has 5 nitrogen and oxygen atoms in total. The number of rotatable bonds is 3. The summed E-state index contributed by atoms with van der Waals surface area (Å²) in [5, 5.41) is 10.9. The van der Waals surface area contributed by atoms with Crippen LogP contribution in [0.5, 0.6) is 0 Å². The third-order valence-electron chi connectivity index (χ3n) is 2.54. The standard InChI is InChI=1S/C15H19N3O2/c1-15(2,3)20-14(19)16-10-6-9-13-11-7-4-5-8-12(11)17-18-13/h4-9H,10H2,1-3H3,(H,16,19)(H,17,18). The zero-order valence-corrected chi connectivity index (χ0v) is 11.9. The number of benzene rings is 1. The summed E-state index contributed by atoms with van der Waals surface area (Å²) in [7, 11) is 0. The van der Waals surface area contributed by atoms with Gasteiger partial charge in [0.1, 0.15) is 5.60 Å². The summed E-state index contributed by atoms with van der Waals surface area (Å²) in [4.78, 5) is 11.4. The molecule has 2 rings (SSSR count). The summed E-state index contributed by atoms with van der Waals surface area (Å²) in [6, 6.07) is 7.86. The molecular formula is C15H19N3O2. The van der Waals surface area contributed by atoms with Gasteiger partial charge in [0.2, 0.25) is 0 Å². The maximum Gasteiger partial charge on any atom is 0.407 e. The van der Waals surface area contributed by atoms with Crippen molar-refractivity contribution in [3.63, 3.8) is 0 Å². The summed E-state index contributed by atoms with van der Waals surface area (Å²) in [6.45, 7) is 5.90. The molecule has 0 radical (unpaired) electrons. The SMILES string of the molecule is CC(C)(C)OC(=O)NCC=Cc1[nH]nc2ccccc12. The van der Waals surface area contributed by atoms with Gasteiger partial charge in [-0.15, -0.1) is 0 Å². The number of amides is 1. The molecule has 1 amide bonds. The normalized spacial score (nSPS) is 11.9. The number of aromatic amines is 1. The van der Waals surface area contributed by atoms with E-state index in [4.69, 9.17) is 4.74 Å². The van der Waals surface area contributed by atoms with Crippen LogP contribution < -0.4 is 5.32 Å². The molecule has 0 bridgehead atoms. The number of para-hydroxylation sites is 1. The van der Waals surface area contributed by atoms with E-state index in [9.17, 15) is 4.79 Å². The van der Waals surface area contributed by atoms with Crippen molar-refractivity contribution in [1.82, 2.24) is 15.5 Å². The smallest absolute Gasteiger partial charge is 0.407 e. The Hall–Kier alpha value is -2.30. The van der Waals surface area contributed by atoms with E-state index in [1.807, 2.05) is 57.2 Å². The molecule has 0 saturated heterocycles. The number of nitrogens with one attached hydrogen (secondary N) is 2. The van der Waals surface area contributed by atoms with Gasteiger partial charge in [0.15, 0.2) is 0 Å². The Morgan fingerprint density at radius 3 is 2.90 bits per heavy atom. The molecule has 1 aromatic carbocycles. The first-order chi connectivity index (χ1) is 9.46. The lowest BCUT2D eigenvalue weighted by Crippen LogP contribution is -2.32. The molecule has 0 fully saturated rings. The van der Waals surface area contributed by atoms with Crippen LogP contribution in [-0.4, -0.2) is 28.4 Å². The average molecular weight is 273 g/mol. The van der Waals surface area contributed by atoms with Gasteiger partial charge >= 0.3 is 6.09 Å². The molecule has 2 N–H and O–H groups in total. The van der Waals surface area contributed by atoms with Crippen molar-refractivity contribution in [2.24, 2.45) is 0 Å². The highest BCUT2D eigenvalue weighted by Crippen LogP contribution is 2.15. The number of alkyl carbamates (subject to hydrolysis) is 1. The number of carbonyl (C=O) groups is 1. The van der Waals surface area contributed by atoms with E-state index in [2.05, 4.69) is 15.5 Å². The predicted octanol–water partition coefficient (Wildman–Crippen LogP) is 3.10. The van der Waals surface area contributed by atoms with E-state index in [1.54, 1.807) is 0 Å². The molecular weight excluding hydrogens is 254 g/mol. The Kier molecular flexibility index (Phi) is 4.08. The summed E-state index contributed by atoms with van der Waals surface area (Å²) in [6.07, 6.45) is 3.33. The van der Waals surface area contributed by atoms with Crippen molar-refractivity contribution < 1.29 is 9.53 Å². The van der Waals surface area contributed by atoms with Gasteiger partial charge in [0.25, 0.3) is 0 Å². The minimum Gasteiger partial charge on any atom is -0.444 e. The van der Waals surface area contributed by atoms with Gasteiger partial charge in [-0.05, 0) is 32.9 Å². The molecule has 0 unspecified atom stereocenters. The number of ether oxygens (including phenoxy) is 1. The molecule has 0 aliphatic rings. The van der Waals surface area contributed by atoms with E-state index in [-0.39, 0.29) is 0 Å². The number of hydrogen-bond acceptors (Lipinski definition) is 3. The lowest BCUT2D eigenvalue weighted by Gasteiger charge is -2.19. The van der Waals surface area contributed by atoms with Crippen molar-refractivity contribution in [3.8, 4) is 0 Å². The zero-order chi connectivity index (χ0) is 14.6. The topological polar surface area (TPSA) is 67.0 Å². The molecule has 106 valence electrons. The minimum absolute atomic E-state index is 0.405. The maximum absolute atomic E-state index is 11.4. The van der Waals surface area contributed by atoms with Crippen LogP contribution in [0.25, 0.3) is 17.0 Å². The quantitative estimate of drug-likeness (QED) is 0.903. The van der Waals surface area contributed by atoms with Crippen molar-refractivity contribution >= 4 is 23.1 Å².